The highest BCUT2D eigenvalue weighted by atomic mass is 16.6. The fourth-order valence-electron chi connectivity index (χ4n) is 5.30. The van der Waals surface area contributed by atoms with Gasteiger partial charge in [0.05, 0.1) is 106 Å². The Kier molecular flexibility index (Phi) is 24.5. The number of esters is 2. The Labute approximate surface area is 335 Å². The van der Waals surface area contributed by atoms with Gasteiger partial charge in [-0.1, -0.05) is 18.6 Å². The third kappa shape index (κ3) is 21.6. The zero-order chi connectivity index (χ0) is 39.9. The van der Waals surface area contributed by atoms with E-state index in [1.807, 2.05) is 12.1 Å². The van der Waals surface area contributed by atoms with Gasteiger partial charge in [0.15, 0.2) is 23.0 Å². The molecule has 2 aliphatic rings. The van der Waals surface area contributed by atoms with Crippen molar-refractivity contribution < 1.29 is 75.9 Å². The van der Waals surface area contributed by atoms with Crippen molar-refractivity contribution in [2.75, 3.05) is 132 Å². The molecule has 2 aliphatic heterocycles. The molecule has 0 N–H and O–H groups in total. The molecule has 2 heterocycles. The van der Waals surface area contributed by atoms with Crippen molar-refractivity contribution in [2.45, 2.75) is 45.3 Å². The van der Waals surface area contributed by atoms with Crippen molar-refractivity contribution in [3.8, 4) is 23.0 Å². The molecule has 0 spiro atoms. The molecular weight excluding hydrogens is 748 g/mol. The monoisotopic (exact) mass is 808 g/mol. The van der Waals surface area contributed by atoms with E-state index in [0.717, 1.165) is 11.1 Å². The fourth-order valence-corrected chi connectivity index (χ4v) is 5.30. The minimum atomic E-state index is -0.321. The number of ether oxygens (including phenoxy) is 14. The van der Waals surface area contributed by atoms with Crippen molar-refractivity contribution in [3.05, 3.63) is 47.5 Å². The molecule has 0 saturated heterocycles. The van der Waals surface area contributed by atoms with Crippen LogP contribution in [0.15, 0.2) is 36.4 Å². The fraction of sp³-hybridized carbons (Fsp3) is 0.659. The predicted octanol–water partition coefficient (Wildman–Crippen LogP) is 4.10. The molecule has 0 unspecified atom stereocenters. The third-order valence-electron chi connectivity index (χ3n) is 8.25. The van der Waals surface area contributed by atoms with Gasteiger partial charge in [-0.25, -0.2) is 0 Å². The van der Waals surface area contributed by atoms with Crippen LogP contribution >= 0.6 is 0 Å². The van der Waals surface area contributed by atoms with Crippen LogP contribution in [0.2, 0.25) is 0 Å². The molecule has 0 amide bonds. The summed E-state index contributed by atoms with van der Waals surface area (Å²) in [4.78, 5) is 25.0. The molecule has 0 bridgehead atoms. The Morgan fingerprint density at radius 3 is 0.965 bits per heavy atom. The third-order valence-corrected chi connectivity index (χ3v) is 8.25. The second kappa shape index (κ2) is 30.4. The molecule has 0 saturated carbocycles. The summed E-state index contributed by atoms with van der Waals surface area (Å²) in [6, 6.07) is 10.8. The number of hydrogen-bond donors (Lipinski definition) is 0. The number of fused-ring (bicyclic) bond motifs is 2. The first-order valence-electron chi connectivity index (χ1n) is 19.9. The lowest BCUT2D eigenvalue weighted by atomic mass is 10.1. The normalized spacial score (nSPS) is 18.1. The zero-order valence-electron chi connectivity index (χ0n) is 33.1. The number of carbonyl (C=O) groups is 2. The molecule has 0 aliphatic carbocycles. The van der Waals surface area contributed by atoms with Crippen LogP contribution < -0.4 is 18.9 Å². The van der Waals surface area contributed by atoms with Gasteiger partial charge in [0, 0.05) is 12.8 Å². The molecule has 0 fully saturated rings. The maximum Gasteiger partial charge on any atom is 0.306 e. The quantitative estimate of drug-likeness (QED) is 0.249. The van der Waals surface area contributed by atoms with Crippen molar-refractivity contribution in [1.29, 1.82) is 0 Å². The molecule has 320 valence electrons. The first-order valence-corrected chi connectivity index (χ1v) is 19.9. The second-order valence-electron chi connectivity index (χ2n) is 12.7. The minimum Gasteiger partial charge on any atom is -0.487 e. The highest BCUT2D eigenvalue weighted by Crippen LogP contribution is 2.30. The Hall–Kier alpha value is -3.74. The summed E-state index contributed by atoms with van der Waals surface area (Å²) in [6.45, 7) is 8.72. The number of unbranched alkanes of at least 4 members (excludes halogenated alkanes) is 2. The average Bonchev–Trinajstić information content (AvgIpc) is 3.22. The van der Waals surface area contributed by atoms with Crippen LogP contribution in [0.5, 0.6) is 23.0 Å². The lowest BCUT2D eigenvalue weighted by Gasteiger charge is -2.15. The number of carbonyl (C=O) groups excluding carboxylic acids is 2. The largest absolute Gasteiger partial charge is 0.487 e. The van der Waals surface area contributed by atoms with Gasteiger partial charge in [0.1, 0.15) is 39.6 Å². The summed E-state index contributed by atoms with van der Waals surface area (Å²) in [5.74, 6) is 1.52. The smallest absolute Gasteiger partial charge is 0.306 e. The molecule has 57 heavy (non-hydrogen) atoms. The first kappa shape index (κ1) is 46.0. The Balaban J connectivity index is 1.12. The van der Waals surface area contributed by atoms with Crippen LogP contribution in [0.4, 0.5) is 0 Å². The maximum atomic E-state index is 12.5. The summed E-state index contributed by atoms with van der Waals surface area (Å²) >= 11 is 0. The van der Waals surface area contributed by atoms with E-state index in [0.29, 0.717) is 174 Å². The molecule has 0 atom stereocenters. The number of benzene rings is 2. The van der Waals surface area contributed by atoms with E-state index in [-0.39, 0.29) is 38.0 Å². The van der Waals surface area contributed by atoms with Gasteiger partial charge in [-0.3, -0.25) is 9.59 Å². The molecule has 16 heteroatoms. The van der Waals surface area contributed by atoms with E-state index in [1.165, 1.54) is 0 Å². The van der Waals surface area contributed by atoms with E-state index in [4.69, 9.17) is 66.3 Å². The Morgan fingerprint density at radius 2 is 0.649 bits per heavy atom. The molecule has 16 nitrogen and oxygen atoms in total. The van der Waals surface area contributed by atoms with Gasteiger partial charge < -0.3 is 66.3 Å². The molecule has 4 rings (SSSR count). The van der Waals surface area contributed by atoms with Crippen molar-refractivity contribution in [2.24, 2.45) is 0 Å². The zero-order valence-corrected chi connectivity index (χ0v) is 33.1. The average molecular weight is 809 g/mol. The van der Waals surface area contributed by atoms with Crippen molar-refractivity contribution in [3.63, 3.8) is 0 Å². The van der Waals surface area contributed by atoms with Crippen molar-refractivity contribution in [1.82, 2.24) is 0 Å². The molecular formula is C41H60O16. The highest BCUT2D eigenvalue weighted by molar-refractivity contribution is 5.70. The van der Waals surface area contributed by atoms with Gasteiger partial charge in [0.2, 0.25) is 0 Å². The summed E-state index contributed by atoms with van der Waals surface area (Å²) < 4.78 is 78.9. The van der Waals surface area contributed by atoms with E-state index in [2.05, 4.69) is 0 Å². The Morgan fingerprint density at radius 1 is 0.368 bits per heavy atom. The van der Waals surface area contributed by atoms with Gasteiger partial charge in [-0.15, -0.1) is 0 Å². The molecule has 2 aromatic rings. The Bertz CT molecular complexity index is 1270. The highest BCUT2D eigenvalue weighted by Gasteiger charge is 2.13. The van der Waals surface area contributed by atoms with Crippen LogP contribution in [-0.4, -0.2) is 144 Å². The van der Waals surface area contributed by atoms with Crippen LogP contribution in [0.3, 0.4) is 0 Å². The summed E-state index contributed by atoms with van der Waals surface area (Å²) in [5, 5.41) is 0. The van der Waals surface area contributed by atoms with E-state index >= 15 is 0 Å². The van der Waals surface area contributed by atoms with Crippen LogP contribution in [0, 0.1) is 0 Å². The van der Waals surface area contributed by atoms with Gasteiger partial charge in [-0.2, -0.15) is 0 Å². The number of rotatable bonds is 10. The molecule has 0 radical (unpaired) electrons. The molecule has 2 aromatic carbocycles. The summed E-state index contributed by atoms with van der Waals surface area (Å²) in [6.07, 6.45) is 2.33. The van der Waals surface area contributed by atoms with Gasteiger partial charge >= 0.3 is 11.9 Å². The van der Waals surface area contributed by atoms with Crippen LogP contribution in [-0.2, 0) is 70.2 Å². The maximum absolute atomic E-state index is 12.5. The van der Waals surface area contributed by atoms with E-state index in [9.17, 15) is 9.59 Å². The van der Waals surface area contributed by atoms with Crippen molar-refractivity contribution >= 4 is 11.9 Å². The van der Waals surface area contributed by atoms with E-state index < -0.39 is 0 Å². The van der Waals surface area contributed by atoms with Crippen LogP contribution in [0.25, 0.3) is 0 Å². The lowest BCUT2D eigenvalue weighted by molar-refractivity contribution is -0.145. The van der Waals surface area contributed by atoms with Gasteiger partial charge in [-0.05, 0) is 48.2 Å². The van der Waals surface area contributed by atoms with E-state index in [1.54, 1.807) is 24.3 Å². The first-order chi connectivity index (χ1) is 28.2. The SMILES string of the molecule is O=C(CCCCCC(=O)OCc1ccc2c(c1)OCCOCCOCCOCCOCCO2)OCc1ccc2c(c1)OCCOCCOCCOCCOCCO2. The predicted molar refractivity (Wildman–Crippen MR) is 204 cm³/mol. The second-order valence-corrected chi connectivity index (χ2v) is 12.7. The van der Waals surface area contributed by atoms with Gasteiger partial charge in [0.25, 0.3) is 0 Å². The standard InChI is InChI=1S/C41H60O16/c42-40(56-32-34-6-8-36-38(30-34)54-28-24-50-20-16-46-12-10-44-14-18-48-22-26-52-36)4-2-1-3-5-41(43)57-33-35-7-9-37-39(31-35)55-29-25-51-21-17-47-13-11-45-15-19-49-23-27-53-37/h6-9,30-31H,1-5,10-29,32-33H2. The number of hydrogen-bond acceptors (Lipinski definition) is 16. The summed E-state index contributed by atoms with van der Waals surface area (Å²) in [7, 11) is 0. The molecule has 0 aromatic heterocycles. The minimum absolute atomic E-state index is 0.0893. The van der Waals surface area contributed by atoms with Crippen LogP contribution in [0.1, 0.15) is 43.2 Å². The lowest BCUT2D eigenvalue weighted by Crippen LogP contribution is -2.16. The topological polar surface area (TPSA) is 163 Å². The summed E-state index contributed by atoms with van der Waals surface area (Å²) in [5.41, 5.74) is 1.52.